The van der Waals surface area contributed by atoms with Crippen molar-refractivity contribution < 1.29 is 13.5 Å². The molecule has 2 atom stereocenters. The summed E-state index contributed by atoms with van der Waals surface area (Å²) in [4.78, 5) is 0. The quantitative estimate of drug-likeness (QED) is 0.762. The summed E-state index contributed by atoms with van der Waals surface area (Å²) in [5, 5.41) is 9.50. The molecule has 0 spiro atoms. The number of sulfone groups is 1. The Morgan fingerprint density at radius 2 is 2.08 bits per heavy atom. The van der Waals surface area contributed by atoms with Gasteiger partial charge in [-0.15, -0.1) is 0 Å². The van der Waals surface area contributed by atoms with E-state index in [9.17, 15) is 13.5 Å². The van der Waals surface area contributed by atoms with Crippen molar-refractivity contribution in [3.63, 3.8) is 0 Å². The molecule has 0 saturated heterocycles. The summed E-state index contributed by atoms with van der Waals surface area (Å²) in [6.07, 6.45) is 1.17. The predicted molar refractivity (Wildman–Crippen MR) is 50.9 cm³/mol. The van der Waals surface area contributed by atoms with Crippen molar-refractivity contribution in [3.8, 4) is 0 Å². The summed E-state index contributed by atoms with van der Waals surface area (Å²) < 4.78 is 21.8. The average molecular weight is 257 g/mol. The number of alkyl halides is 1. The van der Waals surface area contributed by atoms with Crippen LogP contribution < -0.4 is 0 Å². The molecule has 0 bridgehead atoms. The number of aliphatic hydroxyl groups excluding tert-OH is 1. The van der Waals surface area contributed by atoms with E-state index in [4.69, 9.17) is 0 Å². The maximum Gasteiger partial charge on any atom is 0.165 e. The molecule has 3 nitrogen and oxygen atoms in total. The summed E-state index contributed by atoms with van der Waals surface area (Å²) in [6, 6.07) is 0. The minimum absolute atomic E-state index is 0.0761. The summed E-state index contributed by atoms with van der Waals surface area (Å²) in [7, 11) is -3.14. The Labute approximate surface area is 81.2 Å². The number of hydrogen-bond acceptors (Lipinski definition) is 3. The maximum absolute atomic E-state index is 11.3. The summed E-state index contributed by atoms with van der Waals surface area (Å²) in [5.74, 6) is 0.267. The molecule has 1 saturated carbocycles. The third-order valence-electron chi connectivity index (χ3n) is 2.12. The van der Waals surface area contributed by atoms with E-state index in [0.29, 0.717) is 0 Å². The molecule has 0 amide bonds. The zero-order valence-electron chi connectivity index (χ0n) is 6.90. The molecule has 1 aliphatic rings. The normalized spacial score (nSPS) is 23.6. The van der Waals surface area contributed by atoms with E-state index < -0.39 is 20.1 Å². The monoisotopic (exact) mass is 256 g/mol. The molecule has 0 aromatic rings. The topological polar surface area (TPSA) is 54.4 Å². The van der Waals surface area contributed by atoms with E-state index in [1.54, 1.807) is 6.92 Å². The molecule has 0 radical (unpaired) electrons. The fraction of sp³-hybridized carbons (Fsp3) is 1.00. The fourth-order valence-electron chi connectivity index (χ4n) is 1.02. The molecule has 0 aromatic heterocycles. The second-order valence-electron chi connectivity index (χ2n) is 3.13. The number of halogens is 1. The van der Waals surface area contributed by atoms with Gasteiger partial charge >= 0.3 is 0 Å². The first kappa shape index (κ1) is 10.5. The van der Waals surface area contributed by atoms with Gasteiger partial charge in [-0.3, -0.25) is 0 Å². The van der Waals surface area contributed by atoms with Gasteiger partial charge in [0.25, 0.3) is 0 Å². The lowest BCUT2D eigenvalue weighted by atomic mass is 10.3. The molecule has 1 rings (SSSR count). The highest BCUT2D eigenvalue weighted by Crippen LogP contribution is 2.37. The van der Waals surface area contributed by atoms with Crippen LogP contribution in [-0.2, 0) is 9.84 Å². The van der Waals surface area contributed by atoms with Gasteiger partial charge in [0.1, 0.15) is 4.16 Å². The van der Waals surface area contributed by atoms with Gasteiger partial charge in [0.05, 0.1) is 6.10 Å². The average Bonchev–Trinajstić information content (AvgIpc) is 2.84. The standard InChI is InChI=1S/C7H13BrO3S/c1-2-12(10,11)7(8)6(9)5-3-4-5/h5-7,9H,2-4H2,1H3/t6-,7+/m0/s1. The fourth-order valence-corrected chi connectivity index (χ4v) is 3.21. The van der Waals surface area contributed by atoms with E-state index in [2.05, 4.69) is 15.9 Å². The van der Waals surface area contributed by atoms with Gasteiger partial charge < -0.3 is 5.11 Å². The Kier molecular flexibility index (Phi) is 3.17. The molecule has 72 valence electrons. The zero-order chi connectivity index (χ0) is 9.35. The van der Waals surface area contributed by atoms with Gasteiger partial charge in [-0.25, -0.2) is 8.42 Å². The van der Waals surface area contributed by atoms with E-state index in [0.717, 1.165) is 12.8 Å². The molecular weight excluding hydrogens is 244 g/mol. The van der Waals surface area contributed by atoms with Crippen molar-refractivity contribution in [2.24, 2.45) is 5.92 Å². The van der Waals surface area contributed by atoms with Gasteiger partial charge in [-0.2, -0.15) is 0 Å². The van der Waals surface area contributed by atoms with Crippen LogP contribution in [0, 0.1) is 5.92 Å². The summed E-state index contributed by atoms with van der Waals surface area (Å²) in [6.45, 7) is 1.59. The Bertz CT molecular complexity index is 245. The molecule has 1 aliphatic carbocycles. The van der Waals surface area contributed by atoms with E-state index >= 15 is 0 Å². The molecule has 0 aromatic carbocycles. The molecule has 0 aliphatic heterocycles. The second kappa shape index (κ2) is 3.64. The molecular formula is C7H13BrO3S. The van der Waals surface area contributed by atoms with Crippen LogP contribution in [0.5, 0.6) is 0 Å². The molecule has 1 fully saturated rings. The summed E-state index contributed by atoms with van der Waals surface area (Å²) in [5.41, 5.74) is 0. The van der Waals surface area contributed by atoms with Crippen LogP contribution in [0.4, 0.5) is 0 Å². The smallest absolute Gasteiger partial charge is 0.165 e. The maximum atomic E-state index is 11.3. The molecule has 1 N–H and O–H groups in total. The van der Waals surface area contributed by atoms with Crippen molar-refractivity contribution in [2.45, 2.75) is 30.0 Å². The van der Waals surface area contributed by atoms with E-state index in [-0.39, 0.29) is 11.7 Å². The van der Waals surface area contributed by atoms with Gasteiger partial charge in [0.15, 0.2) is 9.84 Å². The number of rotatable bonds is 4. The Morgan fingerprint density at radius 3 is 2.42 bits per heavy atom. The number of hydrogen-bond donors (Lipinski definition) is 1. The first-order valence-corrected chi connectivity index (χ1v) is 6.66. The SMILES string of the molecule is CCS(=O)(=O)[C@@H](Br)[C@@H](O)C1CC1. The highest BCUT2D eigenvalue weighted by molar-refractivity contribution is 9.11. The van der Waals surface area contributed by atoms with Gasteiger partial charge in [0.2, 0.25) is 0 Å². The van der Waals surface area contributed by atoms with Gasteiger partial charge in [-0.1, -0.05) is 22.9 Å². The predicted octanol–water partition coefficient (Wildman–Crippen LogP) is 0.913. The van der Waals surface area contributed by atoms with Crippen molar-refractivity contribution in [2.75, 3.05) is 5.75 Å². The molecule has 0 unspecified atom stereocenters. The zero-order valence-corrected chi connectivity index (χ0v) is 9.31. The lowest BCUT2D eigenvalue weighted by Crippen LogP contribution is -2.31. The lowest BCUT2D eigenvalue weighted by Gasteiger charge is -2.15. The minimum atomic E-state index is -3.14. The van der Waals surface area contributed by atoms with Crippen molar-refractivity contribution >= 4 is 25.8 Å². The third-order valence-corrected chi connectivity index (χ3v) is 6.14. The van der Waals surface area contributed by atoms with Crippen LogP contribution >= 0.6 is 15.9 Å². The Hall–Kier alpha value is 0.390. The van der Waals surface area contributed by atoms with Crippen LogP contribution in [0.1, 0.15) is 19.8 Å². The van der Waals surface area contributed by atoms with Crippen molar-refractivity contribution in [3.05, 3.63) is 0 Å². The van der Waals surface area contributed by atoms with Crippen LogP contribution in [0.15, 0.2) is 0 Å². The van der Waals surface area contributed by atoms with Crippen LogP contribution in [0.3, 0.4) is 0 Å². The van der Waals surface area contributed by atoms with Crippen molar-refractivity contribution in [1.82, 2.24) is 0 Å². The number of aliphatic hydroxyl groups is 1. The lowest BCUT2D eigenvalue weighted by molar-refractivity contribution is 0.167. The second-order valence-corrected chi connectivity index (χ2v) is 7.13. The van der Waals surface area contributed by atoms with Gasteiger partial charge in [0, 0.05) is 5.75 Å². The van der Waals surface area contributed by atoms with Crippen LogP contribution in [0.25, 0.3) is 0 Å². The third kappa shape index (κ3) is 2.20. The van der Waals surface area contributed by atoms with Gasteiger partial charge in [-0.05, 0) is 18.8 Å². The highest BCUT2D eigenvalue weighted by atomic mass is 79.9. The first-order chi connectivity index (χ1) is 5.49. The molecule has 12 heavy (non-hydrogen) atoms. The van der Waals surface area contributed by atoms with Crippen LogP contribution in [0.2, 0.25) is 0 Å². The molecule has 0 heterocycles. The van der Waals surface area contributed by atoms with E-state index in [1.165, 1.54) is 0 Å². The van der Waals surface area contributed by atoms with Crippen molar-refractivity contribution in [1.29, 1.82) is 0 Å². The summed E-state index contributed by atoms with van der Waals surface area (Å²) >= 11 is 3.03. The Balaban J connectivity index is 2.62. The highest BCUT2D eigenvalue weighted by Gasteiger charge is 2.39. The largest absolute Gasteiger partial charge is 0.391 e. The Morgan fingerprint density at radius 1 is 1.58 bits per heavy atom. The minimum Gasteiger partial charge on any atom is -0.391 e. The molecule has 5 heteroatoms. The van der Waals surface area contributed by atoms with E-state index in [1.807, 2.05) is 0 Å². The van der Waals surface area contributed by atoms with Crippen LogP contribution in [-0.4, -0.2) is 29.5 Å². The first-order valence-electron chi connectivity index (χ1n) is 4.02.